The van der Waals surface area contributed by atoms with Crippen molar-refractivity contribution in [3.05, 3.63) is 109 Å². The summed E-state index contributed by atoms with van der Waals surface area (Å²) in [6, 6.07) is 0. The number of ether oxygens (including phenoxy) is 3. The Balaban J connectivity index is 4.78. The van der Waals surface area contributed by atoms with Gasteiger partial charge in [0.25, 0.3) is 0 Å². The van der Waals surface area contributed by atoms with Crippen LogP contribution in [0.1, 0.15) is 239 Å². The molecule has 0 heterocycles. The van der Waals surface area contributed by atoms with Gasteiger partial charge in [0.2, 0.25) is 0 Å². The van der Waals surface area contributed by atoms with Crippen LogP contribution in [0.2, 0.25) is 0 Å². The van der Waals surface area contributed by atoms with Crippen molar-refractivity contribution in [2.45, 2.75) is 251 Å². The first-order valence-corrected chi connectivity index (χ1v) is 31.3. The lowest BCUT2D eigenvalue weighted by Crippen LogP contribution is -2.30. The molecule has 0 aliphatic rings. The molecular weight excluding hydrogens is 976 g/mol. The first-order valence-electron chi connectivity index (χ1n) is 29.8. The standard InChI is InChI=1S/C64H107O11P/c1-4-7-10-13-16-19-22-25-27-29-30-32-34-37-40-43-46-49-52-55-64(68)75-61(57-71-62(66)53-50-47-44-41-38-35-24-21-18-15-12-9-6-3)59-73-76(69,70)72-58-60(56-65)74-63(67)54-51-48-45-42-39-36-33-31-28-26-23-20-17-14-11-8-5-2/h7,9-10,12,16,18-19,21,25-28,30,32,35,38,44,47,60-61,65H,4-6,8,11,13-15,17,20,22-24,29,31,33-34,36-37,39-43,45-46,48-59H2,1-3H3,(H,69,70)/b10-7-,12-9-,19-16-,21-18-,27-25-,28-26-,32-30-,38-35-,47-44-. The molecule has 0 rings (SSSR count). The molecule has 3 atom stereocenters. The molecule has 0 aromatic rings. The van der Waals surface area contributed by atoms with Gasteiger partial charge in [-0.3, -0.25) is 23.4 Å². The van der Waals surface area contributed by atoms with Crippen LogP contribution in [0.5, 0.6) is 0 Å². The van der Waals surface area contributed by atoms with Gasteiger partial charge in [-0.25, -0.2) is 4.57 Å². The number of esters is 3. The average Bonchev–Trinajstić information content (AvgIpc) is 3.41. The quantitative estimate of drug-likeness (QED) is 0.0197. The fourth-order valence-corrected chi connectivity index (χ4v) is 8.49. The molecule has 11 nitrogen and oxygen atoms in total. The summed E-state index contributed by atoms with van der Waals surface area (Å²) in [6.07, 6.45) is 69.2. The van der Waals surface area contributed by atoms with Gasteiger partial charge in [0, 0.05) is 19.3 Å². The van der Waals surface area contributed by atoms with Gasteiger partial charge in [-0.1, -0.05) is 220 Å². The number of phosphoric ester groups is 1. The van der Waals surface area contributed by atoms with Gasteiger partial charge in [-0.15, -0.1) is 0 Å². The summed E-state index contributed by atoms with van der Waals surface area (Å²) in [7, 11) is -4.77. The second-order valence-electron chi connectivity index (χ2n) is 19.4. The Kier molecular flexibility index (Phi) is 54.4. The molecule has 0 spiro atoms. The number of carbonyl (C=O) groups excluding carboxylic acids is 3. The van der Waals surface area contributed by atoms with Gasteiger partial charge in [-0.05, 0) is 109 Å². The molecule has 0 saturated carbocycles. The average molecular weight is 1080 g/mol. The van der Waals surface area contributed by atoms with E-state index < -0.39 is 57.8 Å². The number of hydrogen-bond acceptors (Lipinski definition) is 10. The lowest BCUT2D eigenvalue weighted by Gasteiger charge is -2.21. The Labute approximate surface area is 463 Å². The molecule has 0 amide bonds. The van der Waals surface area contributed by atoms with Crippen LogP contribution in [-0.4, -0.2) is 66.5 Å². The van der Waals surface area contributed by atoms with Gasteiger partial charge in [0.05, 0.1) is 19.8 Å². The van der Waals surface area contributed by atoms with E-state index in [2.05, 4.69) is 118 Å². The maximum Gasteiger partial charge on any atom is 0.472 e. The predicted molar refractivity (Wildman–Crippen MR) is 316 cm³/mol. The summed E-state index contributed by atoms with van der Waals surface area (Å²) in [5.41, 5.74) is 0. The van der Waals surface area contributed by atoms with Crippen molar-refractivity contribution in [3.63, 3.8) is 0 Å². The van der Waals surface area contributed by atoms with Crippen molar-refractivity contribution in [1.29, 1.82) is 0 Å². The minimum Gasteiger partial charge on any atom is -0.462 e. The van der Waals surface area contributed by atoms with Gasteiger partial charge in [-0.2, -0.15) is 0 Å². The number of rotatable bonds is 54. The normalized spacial score (nSPS) is 14.1. The first-order chi connectivity index (χ1) is 37.2. The molecule has 0 saturated heterocycles. The number of allylic oxidation sites excluding steroid dienone is 18. The van der Waals surface area contributed by atoms with Crippen molar-refractivity contribution in [1.82, 2.24) is 0 Å². The Bertz CT molecular complexity index is 1690. The summed E-state index contributed by atoms with van der Waals surface area (Å²) in [4.78, 5) is 48.6. The largest absolute Gasteiger partial charge is 0.472 e. The molecule has 0 aliphatic carbocycles. The summed E-state index contributed by atoms with van der Waals surface area (Å²) >= 11 is 0. The van der Waals surface area contributed by atoms with Crippen molar-refractivity contribution in [3.8, 4) is 0 Å². The van der Waals surface area contributed by atoms with E-state index in [-0.39, 0.29) is 25.9 Å². The molecule has 12 heteroatoms. The van der Waals surface area contributed by atoms with Crippen LogP contribution in [0, 0.1) is 0 Å². The molecule has 0 aliphatic heterocycles. The third kappa shape index (κ3) is 54.9. The Morgan fingerprint density at radius 2 is 0.711 bits per heavy atom. The molecule has 0 radical (unpaired) electrons. The van der Waals surface area contributed by atoms with E-state index >= 15 is 0 Å². The maximum absolute atomic E-state index is 12.9. The molecule has 0 aromatic carbocycles. The molecular formula is C64H107O11P. The molecule has 2 N–H and O–H groups in total. The van der Waals surface area contributed by atoms with E-state index in [9.17, 15) is 28.9 Å². The first kappa shape index (κ1) is 72.1. The van der Waals surface area contributed by atoms with Crippen LogP contribution in [0.15, 0.2) is 109 Å². The minimum atomic E-state index is -4.77. The van der Waals surface area contributed by atoms with Crippen molar-refractivity contribution in [2.75, 3.05) is 26.4 Å². The Morgan fingerprint density at radius 1 is 0.382 bits per heavy atom. The number of carbonyl (C=O) groups is 3. The molecule has 76 heavy (non-hydrogen) atoms. The monoisotopic (exact) mass is 1080 g/mol. The van der Waals surface area contributed by atoms with E-state index in [1.165, 1.54) is 64.2 Å². The number of unbranched alkanes of at least 4 members (excludes halogenated alkanes) is 19. The summed E-state index contributed by atoms with van der Waals surface area (Å²) in [6.45, 7) is 4.31. The number of phosphoric acid groups is 1. The Morgan fingerprint density at radius 3 is 1.12 bits per heavy atom. The zero-order valence-electron chi connectivity index (χ0n) is 47.9. The molecule has 3 unspecified atom stereocenters. The topological polar surface area (TPSA) is 155 Å². The zero-order valence-corrected chi connectivity index (χ0v) is 48.8. The summed E-state index contributed by atoms with van der Waals surface area (Å²) in [5.74, 6) is -1.59. The van der Waals surface area contributed by atoms with E-state index in [0.717, 1.165) is 116 Å². The lowest BCUT2D eigenvalue weighted by atomic mass is 10.1. The van der Waals surface area contributed by atoms with Crippen LogP contribution in [0.25, 0.3) is 0 Å². The van der Waals surface area contributed by atoms with Crippen LogP contribution in [0.3, 0.4) is 0 Å². The van der Waals surface area contributed by atoms with Gasteiger partial charge in [0.15, 0.2) is 6.10 Å². The maximum atomic E-state index is 12.9. The van der Waals surface area contributed by atoms with Gasteiger partial charge in [0.1, 0.15) is 12.7 Å². The molecule has 0 aromatic heterocycles. The van der Waals surface area contributed by atoms with Crippen molar-refractivity contribution >= 4 is 25.7 Å². The van der Waals surface area contributed by atoms with Crippen molar-refractivity contribution in [2.24, 2.45) is 0 Å². The summed E-state index contributed by atoms with van der Waals surface area (Å²) in [5, 5.41) is 9.83. The lowest BCUT2D eigenvalue weighted by molar-refractivity contribution is -0.161. The fourth-order valence-electron chi connectivity index (χ4n) is 7.71. The zero-order chi connectivity index (χ0) is 55.5. The molecule has 0 bridgehead atoms. The third-order valence-corrected chi connectivity index (χ3v) is 13.1. The second-order valence-corrected chi connectivity index (χ2v) is 20.8. The van der Waals surface area contributed by atoms with E-state index in [1.807, 2.05) is 12.2 Å². The second kappa shape index (κ2) is 57.3. The molecule has 434 valence electrons. The predicted octanol–water partition coefficient (Wildman–Crippen LogP) is 17.8. The van der Waals surface area contributed by atoms with Crippen LogP contribution in [0.4, 0.5) is 0 Å². The fraction of sp³-hybridized carbons (Fsp3) is 0.672. The Hall–Kier alpha value is -3.86. The number of aliphatic hydroxyl groups is 1. The summed E-state index contributed by atoms with van der Waals surface area (Å²) < 4.78 is 39.5. The van der Waals surface area contributed by atoms with E-state index in [4.69, 9.17) is 23.3 Å². The van der Waals surface area contributed by atoms with Crippen LogP contribution >= 0.6 is 7.82 Å². The third-order valence-electron chi connectivity index (χ3n) is 12.2. The van der Waals surface area contributed by atoms with E-state index in [1.54, 1.807) is 0 Å². The number of hydrogen-bond donors (Lipinski definition) is 2. The van der Waals surface area contributed by atoms with Gasteiger partial charge >= 0.3 is 25.7 Å². The van der Waals surface area contributed by atoms with Gasteiger partial charge < -0.3 is 24.2 Å². The highest BCUT2D eigenvalue weighted by atomic mass is 31.2. The van der Waals surface area contributed by atoms with Crippen LogP contribution in [-0.2, 0) is 42.2 Å². The van der Waals surface area contributed by atoms with E-state index in [0.29, 0.717) is 19.3 Å². The number of aliphatic hydroxyl groups excluding tert-OH is 1. The minimum absolute atomic E-state index is 0.0970. The smallest absolute Gasteiger partial charge is 0.462 e. The highest BCUT2D eigenvalue weighted by Crippen LogP contribution is 2.43. The molecule has 0 fully saturated rings. The highest BCUT2D eigenvalue weighted by Gasteiger charge is 2.28. The SMILES string of the molecule is CC/C=C\C/C=C\C/C=C\C/C=C\CCCCCCCCC(=O)OC(COC(=O)CC/C=C\C/C=C\C/C=C\C/C=C\CC)COP(=O)(O)OCC(CO)OC(=O)CCCCCCCCC/C=C\CCCCCCCC. The van der Waals surface area contributed by atoms with Crippen molar-refractivity contribution < 1.29 is 52.2 Å². The van der Waals surface area contributed by atoms with Crippen LogP contribution < -0.4 is 0 Å². The highest BCUT2D eigenvalue weighted by molar-refractivity contribution is 7.47.